The van der Waals surface area contributed by atoms with Crippen LogP contribution in [0.5, 0.6) is 5.06 Å². The van der Waals surface area contributed by atoms with Crippen molar-refractivity contribution in [2.45, 2.75) is 26.9 Å². The van der Waals surface area contributed by atoms with Gasteiger partial charge in [-0.1, -0.05) is 29.5 Å². The van der Waals surface area contributed by atoms with E-state index in [0.29, 0.717) is 15.6 Å². The molecule has 0 unspecified atom stereocenters. The Kier molecular flexibility index (Phi) is 5.36. The molecule has 0 saturated heterocycles. The summed E-state index contributed by atoms with van der Waals surface area (Å²) in [4.78, 5) is 34.0. The lowest BCUT2D eigenvalue weighted by atomic mass is 10.1. The van der Waals surface area contributed by atoms with Crippen LogP contribution >= 0.6 is 11.3 Å². The van der Waals surface area contributed by atoms with E-state index >= 15 is 0 Å². The summed E-state index contributed by atoms with van der Waals surface area (Å²) < 4.78 is 0. The number of nitrogens with one attached hydrogen (secondary N) is 1. The van der Waals surface area contributed by atoms with E-state index in [-0.39, 0.29) is 17.6 Å². The number of rotatable bonds is 6. The van der Waals surface area contributed by atoms with Crippen molar-refractivity contribution < 1.29 is 19.4 Å². The van der Waals surface area contributed by atoms with Crippen molar-refractivity contribution in [3.05, 3.63) is 47.0 Å². The first-order valence-corrected chi connectivity index (χ1v) is 7.84. The third kappa shape index (κ3) is 4.30. The van der Waals surface area contributed by atoms with Crippen molar-refractivity contribution in [2.75, 3.05) is 5.32 Å². The zero-order valence-corrected chi connectivity index (χ0v) is 13.9. The van der Waals surface area contributed by atoms with Crippen molar-refractivity contribution in [2.24, 2.45) is 5.73 Å². The van der Waals surface area contributed by atoms with Crippen molar-refractivity contribution in [1.29, 1.82) is 0 Å². The summed E-state index contributed by atoms with van der Waals surface area (Å²) in [5, 5.41) is 3.37. The molecule has 7 heteroatoms. The fourth-order valence-electron chi connectivity index (χ4n) is 1.83. The predicted molar refractivity (Wildman–Crippen MR) is 88.8 cm³/mol. The third-order valence-corrected chi connectivity index (χ3v) is 3.83. The molecule has 0 aliphatic carbocycles. The van der Waals surface area contributed by atoms with Crippen LogP contribution in [0.2, 0.25) is 0 Å². The van der Waals surface area contributed by atoms with E-state index in [2.05, 4.69) is 5.32 Å². The van der Waals surface area contributed by atoms with Crippen LogP contribution in [0, 0.1) is 6.92 Å². The van der Waals surface area contributed by atoms with Crippen LogP contribution in [0.3, 0.4) is 0 Å². The van der Waals surface area contributed by atoms with Gasteiger partial charge in [-0.05, 0) is 32.4 Å². The number of amides is 2. The van der Waals surface area contributed by atoms with Crippen LogP contribution in [0.25, 0.3) is 0 Å². The summed E-state index contributed by atoms with van der Waals surface area (Å²) >= 11 is 1.08. The molecular formula is C16H18N2O4S. The van der Waals surface area contributed by atoms with Gasteiger partial charge in [-0.3, -0.25) is 9.59 Å². The molecule has 2 amide bonds. The lowest BCUT2D eigenvalue weighted by Gasteiger charge is -2.07. The number of carbonyl (C=O) groups is 2. The Morgan fingerprint density at radius 2 is 1.91 bits per heavy atom. The SMILES string of the molecule is Cc1ccccc1C(=O)Nc1sc(OOC(C)C)cc1C(N)=O. The highest BCUT2D eigenvalue weighted by atomic mass is 32.1. The van der Waals surface area contributed by atoms with E-state index in [4.69, 9.17) is 15.5 Å². The number of benzene rings is 1. The number of hydrogen-bond acceptors (Lipinski definition) is 5. The second kappa shape index (κ2) is 7.26. The first-order chi connectivity index (χ1) is 10.9. The van der Waals surface area contributed by atoms with Crippen LogP contribution in [-0.4, -0.2) is 17.9 Å². The van der Waals surface area contributed by atoms with Gasteiger partial charge >= 0.3 is 0 Å². The first kappa shape index (κ1) is 17.0. The third-order valence-electron chi connectivity index (χ3n) is 2.91. The summed E-state index contributed by atoms with van der Waals surface area (Å²) in [6.07, 6.45) is -0.140. The van der Waals surface area contributed by atoms with Gasteiger partial charge in [0.25, 0.3) is 11.8 Å². The monoisotopic (exact) mass is 334 g/mol. The minimum Gasteiger partial charge on any atom is -0.366 e. The highest BCUT2D eigenvalue weighted by Gasteiger charge is 2.19. The van der Waals surface area contributed by atoms with Gasteiger partial charge in [-0.25, -0.2) is 0 Å². The van der Waals surface area contributed by atoms with Gasteiger partial charge < -0.3 is 15.9 Å². The highest BCUT2D eigenvalue weighted by Crippen LogP contribution is 2.34. The average Bonchev–Trinajstić information content (AvgIpc) is 2.88. The molecule has 0 radical (unpaired) electrons. The molecule has 122 valence electrons. The number of hydrogen-bond donors (Lipinski definition) is 2. The van der Waals surface area contributed by atoms with E-state index in [1.807, 2.05) is 32.9 Å². The Labute approximate surface area is 138 Å². The average molecular weight is 334 g/mol. The van der Waals surface area contributed by atoms with E-state index in [9.17, 15) is 9.59 Å². The van der Waals surface area contributed by atoms with Crippen LogP contribution in [-0.2, 0) is 4.89 Å². The smallest absolute Gasteiger partial charge is 0.256 e. The molecule has 1 heterocycles. The molecule has 0 fully saturated rings. The molecule has 1 aromatic heterocycles. The molecule has 0 aliphatic heterocycles. The molecule has 3 N–H and O–H groups in total. The summed E-state index contributed by atoms with van der Waals surface area (Å²) in [5.41, 5.74) is 6.89. The topological polar surface area (TPSA) is 90.7 Å². The van der Waals surface area contributed by atoms with Crippen LogP contribution in [0.15, 0.2) is 30.3 Å². The highest BCUT2D eigenvalue weighted by molar-refractivity contribution is 7.18. The second-order valence-corrected chi connectivity index (χ2v) is 6.18. The largest absolute Gasteiger partial charge is 0.366 e. The van der Waals surface area contributed by atoms with E-state index in [1.54, 1.807) is 12.1 Å². The normalized spacial score (nSPS) is 10.6. The molecule has 0 atom stereocenters. The van der Waals surface area contributed by atoms with E-state index < -0.39 is 5.91 Å². The lowest BCUT2D eigenvalue weighted by Crippen LogP contribution is -2.17. The first-order valence-electron chi connectivity index (χ1n) is 7.02. The van der Waals surface area contributed by atoms with Gasteiger partial charge in [-0.2, -0.15) is 4.89 Å². The Hall–Kier alpha value is -2.38. The minimum atomic E-state index is -0.652. The second-order valence-electron chi connectivity index (χ2n) is 5.17. The molecule has 1 aromatic carbocycles. The van der Waals surface area contributed by atoms with Crippen molar-refractivity contribution >= 4 is 28.2 Å². The van der Waals surface area contributed by atoms with Gasteiger partial charge in [0.1, 0.15) is 5.00 Å². The predicted octanol–water partition coefficient (Wildman–Crippen LogP) is 3.13. The van der Waals surface area contributed by atoms with Gasteiger partial charge in [0, 0.05) is 11.6 Å². The Bertz CT molecular complexity index is 725. The molecule has 2 aromatic rings. The molecule has 2 rings (SSSR count). The Balaban J connectivity index is 2.22. The standard InChI is InChI=1S/C16H18N2O4S/c1-9(2)21-22-13-8-12(14(17)19)16(23-13)18-15(20)11-7-5-4-6-10(11)3/h4-9H,1-3H3,(H2,17,19)(H,18,20). The van der Waals surface area contributed by atoms with E-state index in [1.165, 1.54) is 6.07 Å². The molecular weight excluding hydrogens is 316 g/mol. The number of carbonyl (C=O) groups excluding carboxylic acids is 2. The maximum Gasteiger partial charge on any atom is 0.256 e. The maximum absolute atomic E-state index is 12.4. The molecule has 6 nitrogen and oxygen atoms in total. The Morgan fingerprint density at radius 1 is 1.22 bits per heavy atom. The quantitative estimate of drug-likeness (QED) is 0.627. The maximum atomic E-state index is 12.4. The number of primary amides is 1. The van der Waals surface area contributed by atoms with Gasteiger partial charge in [0.05, 0.1) is 11.7 Å². The van der Waals surface area contributed by atoms with Crippen LogP contribution in [0.4, 0.5) is 5.00 Å². The van der Waals surface area contributed by atoms with Crippen molar-refractivity contribution in [1.82, 2.24) is 0 Å². The number of aryl methyl sites for hydroxylation is 1. The summed E-state index contributed by atoms with van der Waals surface area (Å²) in [6.45, 7) is 5.45. The summed E-state index contributed by atoms with van der Waals surface area (Å²) in [6, 6.07) is 8.62. The van der Waals surface area contributed by atoms with Gasteiger partial charge in [-0.15, -0.1) is 0 Å². The Morgan fingerprint density at radius 3 is 2.52 bits per heavy atom. The van der Waals surface area contributed by atoms with Crippen LogP contribution < -0.4 is 15.9 Å². The number of nitrogens with two attached hydrogens (primary N) is 1. The minimum absolute atomic E-state index is 0.140. The molecule has 0 saturated carbocycles. The fraction of sp³-hybridized carbons (Fsp3) is 0.250. The summed E-state index contributed by atoms with van der Waals surface area (Å²) in [5.74, 6) is -0.968. The number of anilines is 1. The molecule has 0 aliphatic rings. The fourth-order valence-corrected chi connectivity index (χ4v) is 2.69. The van der Waals surface area contributed by atoms with Gasteiger partial charge in [0.15, 0.2) is 0 Å². The zero-order valence-electron chi connectivity index (χ0n) is 13.1. The molecule has 23 heavy (non-hydrogen) atoms. The molecule has 0 bridgehead atoms. The van der Waals surface area contributed by atoms with E-state index in [0.717, 1.165) is 16.9 Å². The van der Waals surface area contributed by atoms with Gasteiger partial charge in [0.2, 0.25) is 5.06 Å². The lowest BCUT2D eigenvalue weighted by molar-refractivity contribution is -0.232. The van der Waals surface area contributed by atoms with Crippen molar-refractivity contribution in [3.63, 3.8) is 0 Å². The zero-order chi connectivity index (χ0) is 17.0. The summed E-state index contributed by atoms with van der Waals surface area (Å²) in [7, 11) is 0. The molecule has 0 spiro atoms. The van der Waals surface area contributed by atoms with Crippen molar-refractivity contribution in [3.8, 4) is 5.06 Å². The number of thiophene rings is 1. The van der Waals surface area contributed by atoms with Crippen LogP contribution in [0.1, 0.15) is 40.1 Å².